The van der Waals surface area contributed by atoms with E-state index >= 15 is 0 Å². The average molecular weight is 313 g/mol. The first-order valence-electron chi connectivity index (χ1n) is 5.44. The minimum Gasteiger partial charge on any atom is -0.388 e. The van der Waals surface area contributed by atoms with Crippen LogP contribution in [0.4, 0.5) is 8.78 Å². The SMILES string of the molecule is OC(Cc1ccc(F)cc1Br)c1cccc(F)c1. The Morgan fingerprint density at radius 3 is 2.44 bits per heavy atom. The van der Waals surface area contributed by atoms with E-state index in [1.54, 1.807) is 18.2 Å². The van der Waals surface area contributed by atoms with Gasteiger partial charge < -0.3 is 5.11 Å². The Morgan fingerprint density at radius 1 is 1.06 bits per heavy atom. The molecule has 0 saturated heterocycles. The Morgan fingerprint density at radius 2 is 1.78 bits per heavy atom. The lowest BCUT2D eigenvalue weighted by molar-refractivity contribution is 0.178. The summed E-state index contributed by atoms with van der Waals surface area (Å²) in [5.41, 5.74) is 1.28. The third kappa shape index (κ3) is 3.15. The first kappa shape index (κ1) is 13.2. The molecule has 1 atom stereocenters. The van der Waals surface area contributed by atoms with E-state index in [4.69, 9.17) is 0 Å². The molecule has 0 fully saturated rings. The number of rotatable bonds is 3. The summed E-state index contributed by atoms with van der Waals surface area (Å²) in [5, 5.41) is 10.0. The first-order valence-corrected chi connectivity index (χ1v) is 6.23. The van der Waals surface area contributed by atoms with Gasteiger partial charge in [-0.3, -0.25) is 0 Å². The first-order chi connectivity index (χ1) is 8.56. The molecular weight excluding hydrogens is 302 g/mol. The predicted octanol–water partition coefficient (Wildman–Crippen LogP) is 4.00. The van der Waals surface area contributed by atoms with Gasteiger partial charge in [-0.05, 0) is 35.4 Å². The van der Waals surface area contributed by atoms with Crippen LogP contribution in [0.5, 0.6) is 0 Å². The van der Waals surface area contributed by atoms with Gasteiger partial charge in [-0.1, -0.05) is 34.1 Å². The topological polar surface area (TPSA) is 20.2 Å². The van der Waals surface area contributed by atoms with Crippen molar-refractivity contribution in [2.45, 2.75) is 12.5 Å². The van der Waals surface area contributed by atoms with Gasteiger partial charge in [0.15, 0.2) is 0 Å². The summed E-state index contributed by atoms with van der Waals surface area (Å²) in [7, 11) is 0. The van der Waals surface area contributed by atoms with Crippen molar-refractivity contribution < 1.29 is 13.9 Å². The van der Waals surface area contributed by atoms with Gasteiger partial charge in [0.25, 0.3) is 0 Å². The second kappa shape index (κ2) is 5.59. The maximum absolute atomic E-state index is 13.0. The zero-order valence-corrected chi connectivity index (χ0v) is 11.0. The minimum atomic E-state index is -0.817. The molecule has 0 aliphatic rings. The molecule has 1 unspecified atom stereocenters. The third-order valence-electron chi connectivity index (χ3n) is 2.66. The summed E-state index contributed by atoms with van der Waals surface area (Å²) >= 11 is 3.24. The van der Waals surface area contributed by atoms with Crippen LogP contribution in [0.1, 0.15) is 17.2 Å². The molecule has 0 aromatic heterocycles. The smallest absolute Gasteiger partial charge is 0.124 e. The second-order valence-corrected chi connectivity index (χ2v) is 4.86. The molecule has 0 amide bonds. The third-order valence-corrected chi connectivity index (χ3v) is 3.40. The molecule has 0 aliphatic carbocycles. The van der Waals surface area contributed by atoms with E-state index in [-0.39, 0.29) is 11.6 Å². The number of aliphatic hydroxyl groups is 1. The summed E-state index contributed by atoms with van der Waals surface area (Å²) in [6.45, 7) is 0. The van der Waals surface area contributed by atoms with Crippen molar-refractivity contribution in [1.82, 2.24) is 0 Å². The highest BCUT2D eigenvalue weighted by Gasteiger charge is 2.11. The van der Waals surface area contributed by atoms with Gasteiger partial charge >= 0.3 is 0 Å². The number of hydrogen-bond donors (Lipinski definition) is 1. The van der Waals surface area contributed by atoms with Crippen molar-refractivity contribution in [1.29, 1.82) is 0 Å². The Balaban J connectivity index is 2.18. The van der Waals surface area contributed by atoms with Gasteiger partial charge in [0.05, 0.1) is 6.10 Å². The molecule has 0 bridgehead atoms. The molecule has 18 heavy (non-hydrogen) atoms. The summed E-state index contributed by atoms with van der Waals surface area (Å²) in [5.74, 6) is -0.726. The van der Waals surface area contributed by atoms with E-state index in [0.29, 0.717) is 16.5 Å². The Hall–Kier alpha value is -1.26. The van der Waals surface area contributed by atoms with Crippen molar-refractivity contribution in [3.05, 3.63) is 69.7 Å². The number of halogens is 3. The lowest BCUT2D eigenvalue weighted by Gasteiger charge is -2.12. The predicted molar refractivity (Wildman–Crippen MR) is 69.2 cm³/mol. The molecule has 0 heterocycles. The van der Waals surface area contributed by atoms with E-state index in [1.807, 2.05) is 0 Å². The van der Waals surface area contributed by atoms with Crippen LogP contribution in [0.15, 0.2) is 46.9 Å². The summed E-state index contributed by atoms with van der Waals surface area (Å²) < 4.78 is 26.5. The normalized spacial score (nSPS) is 12.4. The molecule has 2 aromatic rings. The van der Waals surface area contributed by atoms with E-state index in [0.717, 1.165) is 5.56 Å². The maximum Gasteiger partial charge on any atom is 0.124 e. The maximum atomic E-state index is 13.0. The number of aliphatic hydroxyl groups excluding tert-OH is 1. The van der Waals surface area contributed by atoms with Crippen LogP contribution in [0.2, 0.25) is 0 Å². The summed E-state index contributed by atoms with van der Waals surface area (Å²) in [6.07, 6.45) is -0.521. The average Bonchev–Trinajstić information content (AvgIpc) is 2.32. The monoisotopic (exact) mass is 312 g/mol. The molecule has 4 heteroatoms. The van der Waals surface area contributed by atoms with Gasteiger partial charge in [0, 0.05) is 10.9 Å². The van der Waals surface area contributed by atoms with Crippen LogP contribution in [0.25, 0.3) is 0 Å². The van der Waals surface area contributed by atoms with E-state index in [2.05, 4.69) is 15.9 Å². The van der Waals surface area contributed by atoms with Gasteiger partial charge in [0.1, 0.15) is 11.6 Å². The van der Waals surface area contributed by atoms with Gasteiger partial charge in [-0.25, -0.2) is 8.78 Å². The molecule has 2 aromatic carbocycles. The molecule has 1 nitrogen and oxygen atoms in total. The van der Waals surface area contributed by atoms with E-state index in [1.165, 1.54) is 24.3 Å². The molecule has 1 N–H and O–H groups in total. The van der Waals surface area contributed by atoms with Gasteiger partial charge in [-0.15, -0.1) is 0 Å². The van der Waals surface area contributed by atoms with Crippen LogP contribution in [0.3, 0.4) is 0 Å². The lowest BCUT2D eigenvalue weighted by atomic mass is 10.0. The Kier molecular flexibility index (Phi) is 4.09. The highest BCUT2D eigenvalue weighted by molar-refractivity contribution is 9.10. The zero-order valence-electron chi connectivity index (χ0n) is 9.41. The fourth-order valence-corrected chi connectivity index (χ4v) is 2.24. The Bertz CT molecular complexity index is 557. The molecule has 0 saturated carbocycles. The van der Waals surface area contributed by atoms with Crippen LogP contribution in [0, 0.1) is 11.6 Å². The van der Waals surface area contributed by atoms with Crippen LogP contribution in [-0.4, -0.2) is 5.11 Å². The molecule has 0 spiro atoms. The quantitative estimate of drug-likeness (QED) is 0.908. The second-order valence-electron chi connectivity index (χ2n) is 4.01. The number of benzene rings is 2. The fraction of sp³-hybridized carbons (Fsp3) is 0.143. The van der Waals surface area contributed by atoms with Gasteiger partial charge in [-0.2, -0.15) is 0 Å². The summed E-state index contributed by atoms with van der Waals surface area (Å²) in [6, 6.07) is 10.1. The number of hydrogen-bond acceptors (Lipinski definition) is 1. The van der Waals surface area contributed by atoms with E-state index < -0.39 is 6.10 Å². The standard InChI is InChI=1S/C14H11BrF2O/c15-13-8-12(17)5-4-9(13)7-14(18)10-2-1-3-11(16)6-10/h1-6,8,14,18H,7H2. The molecule has 0 aliphatic heterocycles. The van der Waals surface area contributed by atoms with Crippen molar-refractivity contribution in [3.63, 3.8) is 0 Å². The van der Waals surface area contributed by atoms with Crippen molar-refractivity contribution in [2.24, 2.45) is 0 Å². The van der Waals surface area contributed by atoms with E-state index in [9.17, 15) is 13.9 Å². The largest absolute Gasteiger partial charge is 0.388 e. The molecule has 94 valence electrons. The fourth-order valence-electron chi connectivity index (χ4n) is 1.73. The zero-order chi connectivity index (χ0) is 13.1. The highest BCUT2D eigenvalue weighted by atomic mass is 79.9. The minimum absolute atomic E-state index is 0.296. The molecular formula is C14H11BrF2O. The Labute approximate surface area is 112 Å². The van der Waals surface area contributed by atoms with Crippen molar-refractivity contribution >= 4 is 15.9 Å². The molecule has 0 radical (unpaired) electrons. The summed E-state index contributed by atoms with van der Waals surface area (Å²) in [4.78, 5) is 0. The highest BCUT2D eigenvalue weighted by Crippen LogP contribution is 2.24. The van der Waals surface area contributed by atoms with Gasteiger partial charge in [0.2, 0.25) is 0 Å². The van der Waals surface area contributed by atoms with Crippen LogP contribution < -0.4 is 0 Å². The van der Waals surface area contributed by atoms with Crippen LogP contribution in [-0.2, 0) is 6.42 Å². The molecule has 2 rings (SSSR count). The van der Waals surface area contributed by atoms with Crippen LogP contribution >= 0.6 is 15.9 Å². The lowest BCUT2D eigenvalue weighted by Crippen LogP contribution is -2.03. The van der Waals surface area contributed by atoms with Crippen molar-refractivity contribution in [3.8, 4) is 0 Å². The van der Waals surface area contributed by atoms with Crippen molar-refractivity contribution in [2.75, 3.05) is 0 Å².